The number of carbonyl (C=O) groups is 3. The predicted octanol–water partition coefficient (Wildman–Crippen LogP) is 6.91. The van der Waals surface area contributed by atoms with Gasteiger partial charge in [-0.15, -0.1) is 0 Å². The minimum Gasteiger partial charge on any atom is -0.299 e. The van der Waals surface area contributed by atoms with Gasteiger partial charge in [0.2, 0.25) is 11.6 Å². The second kappa shape index (κ2) is 10.1. The van der Waals surface area contributed by atoms with Crippen molar-refractivity contribution in [1.29, 1.82) is 0 Å². The topological polar surface area (TPSA) is 51.2 Å². The number of carbonyl (C=O) groups excluding carboxylic acids is 3. The highest BCUT2D eigenvalue weighted by atomic mass is 16.2. The molecule has 0 radical (unpaired) electrons. The van der Waals surface area contributed by atoms with Crippen LogP contribution < -0.4 is 0 Å². The van der Waals surface area contributed by atoms with Crippen molar-refractivity contribution in [1.82, 2.24) is 0 Å². The molecule has 4 rings (SSSR count). The average Bonchev–Trinajstić information content (AvgIpc) is 3.13. The van der Waals surface area contributed by atoms with Gasteiger partial charge < -0.3 is 0 Å². The molecule has 0 aromatic carbocycles. The van der Waals surface area contributed by atoms with Gasteiger partial charge in [-0.05, 0) is 87.7 Å². The lowest BCUT2D eigenvalue weighted by Crippen LogP contribution is -2.32. The van der Waals surface area contributed by atoms with Crippen molar-refractivity contribution in [2.24, 2.45) is 35.5 Å². The van der Waals surface area contributed by atoms with Crippen LogP contribution in [0.2, 0.25) is 0 Å². The first-order chi connectivity index (χ1) is 16.2. The molecule has 0 spiro atoms. The summed E-state index contributed by atoms with van der Waals surface area (Å²) in [4.78, 5) is 39.0. The molecule has 0 aliphatic heterocycles. The zero-order chi connectivity index (χ0) is 24.6. The van der Waals surface area contributed by atoms with Gasteiger partial charge in [0.25, 0.3) is 0 Å². The van der Waals surface area contributed by atoms with E-state index in [0.29, 0.717) is 29.6 Å². The molecule has 0 N–H and O–H groups in total. The Balaban J connectivity index is 1.42. The molecule has 1 saturated carbocycles. The molecule has 182 valence electrons. The number of Topliss-reactive ketones (excluding diaryl/α,β-unsaturated/α-hetero) is 3. The van der Waals surface area contributed by atoms with Crippen molar-refractivity contribution in [2.75, 3.05) is 0 Å². The first-order valence-electron chi connectivity index (χ1n) is 13.3. The van der Waals surface area contributed by atoms with E-state index in [-0.39, 0.29) is 35.2 Å². The standard InChI is InChI=1S/C31H40O3/c1-18(2)29(32)31(34)28-21(5)15-25-14-20(4)26(17-27(25)28)30(33)24-12-10-23(11-13-24)16-22-8-6-19(3)7-9-22/h6-8,14,17-18,20,22-24,26H,9-13,15-16H2,1-5H3. The fraction of sp³-hybridized carbons (Fsp3) is 0.581. The van der Waals surface area contributed by atoms with E-state index in [1.54, 1.807) is 13.8 Å². The second-order valence-electron chi connectivity index (χ2n) is 11.5. The minimum atomic E-state index is -0.384. The van der Waals surface area contributed by atoms with Gasteiger partial charge in [0.05, 0.1) is 0 Å². The van der Waals surface area contributed by atoms with E-state index in [1.807, 2.05) is 13.0 Å². The molecule has 3 heteroatoms. The molecule has 3 atom stereocenters. The van der Waals surface area contributed by atoms with Crippen molar-refractivity contribution < 1.29 is 14.4 Å². The van der Waals surface area contributed by atoms with E-state index < -0.39 is 0 Å². The van der Waals surface area contributed by atoms with Crippen LogP contribution in [0.15, 0.2) is 58.2 Å². The maximum Gasteiger partial charge on any atom is 0.229 e. The van der Waals surface area contributed by atoms with E-state index in [9.17, 15) is 14.4 Å². The Bertz CT molecular complexity index is 1020. The molecule has 1 fully saturated rings. The molecule has 0 heterocycles. The highest BCUT2D eigenvalue weighted by Gasteiger charge is 2.39. The second-order valence-corrected chi connectivity index (χ2v) is 11.5. The summed E-state index contributed by atoms with van der Waals surface area (Å²) in [6.45, 7) is 9.76. The van der Waals surface area contributed by atoms with Crippen LogP contribution in [0.5, 0.6) is 0 Å². The SMILES string of the molecule is CC1=CCC(CC2CCC(C(=O)C3C=C4C(=CC3C)CC(C)=C4C(=O)C(=O)C(C)C)CC2)C=C1. The summed E-state index contributed by atoms with van der Waals surface area (Å²) in [7, 11) is 0. The van der Waals surface area contributed by atoms with Gasteiger partial charge in [0.1, 0.15) is 5.78 Å². The summed E-state index contributed by atoms with van der Waals surface area (Å²) in [6, 6.07) is 0. The molecule has 0 amide bonds. The Morgan fingerprint density at radius 3 is 2.35 bits per heavy atom. The van der Waals surface area contributed by atoms with Crippen LogP contribution in [0.1, 0.15) is 79.6 Å². The predicted molar refractivity (Wildman–Crippen MR) is 137 cm³/mol. The molecule has 0 bridgehead atoms. The smallest absolute Gasteiger partial charge is 0.229 e. The zero-order valence-corrected chi connectivity index (χ0v) is 21.5. The van der Waals surface area contributed by atoms with Gasteiger partial charge in [-0.2, -0.15) is 0 Å². The molecular weight excluding hydrogens is 420 g/mol. The third-order valence-electron chi connectivity index (χ3n) is 8.44. The lowest BCUT2D eigenvalue weighted by atomic mass is 9.70. The van der Waals surface area contributed by atoms with Crippen LogP contribution in [0.25, 0.3) is 0 Å². The molecule has 4 aliphatic carbocycles. The highest BCUT2D eigenvalue weighted by Crippen LogP contribution is 2.44. The molecule has 34 heavy (non-hydrogen) atoms. The van der Waals surface area contributed by atoms with Crippen LogP contribution in [0.4, 0.5) is 0 Å². The zero-order valence-electron chi connectivity index (χ0n) is 21.5. The fourth-order valence-electron chi connectivity index (χ4n) is 6.32. The van der Waals surface area contributed by atoms with Crippen LogP contribution in [0, 0.1) is 35.5 Å². The maximum atomic E-state index is 13.6. The summed E-state index contributed by atoms with van der Waals surface area (Å²) < 4.78 is 0. The number of rotatable bonds is 7. The minimum absolute atomic E-state index is 0.113. The number of allylic oxidation sites excluding steroid dienone is 10. The summed E-state index contributed by atoms with van der Waals surface area (Å²) in [5, 5.41) is 0. The Labute approximate surface area is 205 Å². The van der Waals surface area contributed by atoms with Crippen LogP contribution in [0.3, 0.4) is 0 Å². The Kier molecular flexibility index (Phi) is 7.40. The van der Waals surface area contributed by atoms with Gasteiger partial charge in [0.15, 0.2) is 0 Å². The third-order valence-corrected chi connectivity index (χ3v) is 8.44. The van der Waals surface area contributed by atoms with E-state index in [1.165, 1.54) is 12.0 Å². The molecule has 3 nitrogen and oxygen atoms in total. The molecular formula is C31H40O3. The molecule has 0 aromatic rings. The Morgan fingerprint density at radius 1 is 1.03 bits per heavy atom. The van der Waals surface area contributed by atoms with Gasteiger partial charge in [-0.3, -0.25) is 14.4 Å². The van der Waals surface area contributed by atoms with Gasteiger partial charge in [-0.1, -0.05) is 62.3 Å². The van der Waals surface area contributed by atoms with Crippen molar-refractivity contribution in [2.45, 2.75) is 79.6 Å². The van der Waals surface area contributed by atoms with Crippen LogP contribution in [-0.2, 0) is 14.4 Å². The van der Waals surface area contributed by atoms with E-state index >= 15 is 0 Å². The van der Waals surface area contributed by atoms with Crippen molar-refractivity contribution in [3.05, 3.63) is 58.2 Å². The van der Waals surface area contributed by atoms with Crippen LogP contribution in [-0.4, -0.2) is 17.3 Å². The van der Waals surface area contributed by atoms with E-state index in [0.717, 1.165) is 48.8 Å². The van der Waals surface area contributed by atoms with Crippen LogP contribution >= 0.6 is 0 Å². The highest BCUT2D eigenvalue weighted by molar-refractivity contribution is 6.45. The first kappa shape index (κ1) is 24.8. The molecule has 3 unspecified atom stereocenters. The fourth-order valence-corrected chi connectivity index (χ4v) is 6.32. The van der Waals surface area contributed by atoms with E-state index in [4.69, 9.17) is 0 Å². The lowest BCUT2D eigenvalue weighted by Gasteiger charge is -2.33. The normalized spacial score (nSPS) is 31.1. The Morgan fingerprint density at radius 2 is 1.74 bits per heavy atom. The van der Waals surface area contributed by atoms with Gasteiger partial charge in [-0.25, -0.2) is 0 Å². The first-order valence-corrected chi connectivity index (χ1v) is 13.3. The summed E-state index contributed by atoms with van der Waals surface area (Å²) in [5.41, 5.74) is 4.85. The largest absolute Gasteiger partial charge is 0.299 e. The third kappa shape index (κ3) is 5.04. The Hall–Kier alpha value is -2.29. The maximum absolute atomic E-state index is 13.6. The van der Waals surface area contributed by atoms with Crippen molar-refractivity contribution in [3.63, 3.8) is 0 Å². The number of hydrogen-bond donors (Lipinski definition) is 0. The van der Waals surface area contributed by atoms with Gasteiger partial charge >= 0.3 is 0 Å². The summed E-state index contributed by atoms with van der Waals surface area (Å²) in [5.74, 6) is 0.701. The summed E-state index contributed by atoms with van der Waals surface area (Å²) in [6.07, 6.45) is 18.5. The van der Waals surface area contributed by atoms with Crippen molar-refractivity contribution in [3.8, 4) is 0 Å². The average molecular weight is 461 g/mol. The van der Waals surface area contributed by atoms with Crippen molar-refractivity contribution >= 4 is 17.3 Å². The lowest BCUT2D eigenvalue weighted by molar-refractivity contribution is -0.136. The molecule has 0 aromatic heterocycles. The number of fused-ring (bicyclic) bond motifs is 1. The molecule has 4 aliphatic rings. The van der Waals surface area contributed by atoms with Gasteiger partial charge in [0, 0.05) is 23.3 Å². The quantitative estimate of drug-likeness (QED) is 0.388. The monoisotopic (exact) mass is 460 g/mol. The molecule has 0 saturated heterocycles. The summed E-state index contributed by atoms with van der Waals surface area (Å²) >= 11 is 0. The number of ketones is 3. The number of hydrogen-bond acceptors (Lipinski definition) is 3. The van der Waals surface area contributed by atoms with E-state index in [2.05, 4.69) is 38.2 Å².